The zero-order valence-electron chi connectivity index (χ0n) is 25.8. The van der Waals surface area contributed by atoms with Gasteiger partial charge in [-0.3, -0.25) is 4.57 Å². The molecule has 3 heterocycles. The highest BCUT2D eigenvalue weighted by Crippen LogP contribution is 2.41. The average Bonchev–Trinajstić information content (AvgIpc) is 3.67. The van der Waals surface area contributed by atoms with E-state index >= 15 is 0 Å². The summed E-state index contributed by atoms with van der Waals surface area (Å²) in [5.74, 6) is 0.664. The molecular formula is C44H27N3S. The van der Waals surface area contributed by atoms with Crippen molar-refractivity contribution in [3.8, 4) is 39.3 Å². The fraction of sp³-hybridized carbons (Fsp3) is 0. The van der Waals surface area contributed by atoms with Crippen LogP contribution in [-0.2, 0) is 0 Å². The van der Waals surface area contributed by atoms with Crippen molar-refractivity contribution in [2.75, 3.05) is 0 Å². The Kier molecular flexibility index (Phi) is 6.05. The van der Waals surface area contributed by atoms with Crippen LogP contribution in [0.4, 0.5) is 0 Å². The Bertz CT molecular complexity index is 2760. The van der Waals surface area contributed by atoms with Crippen LogP contribution in [0.15, 0.2) is 164 Å². The van der Waals surface area contributed by atoms with Gasteiger partial charge in [-0.15, -0.1) is 11.3 Å². The number of thiophene rings is 1. The number of nitrogens with zero attached hydrogens (tertiary/aromatic N) is 3. The molecule has 48 heavy (non-hydrogen) atoms. The number of hydrogen-bond donors (Lipinski definition) is 0. The summed E-state index contributed by atoms with van der Waals surface area (Å²) in [6.07, 6.45) is 3.93. The van der Waals surface area contributed by atoms with Gasteiger partial charge in [-0.1, -0.05) is 103 Å². The van der Waals surface area contributed by atoms with Gasteiger partial charge in [0.05, 0.1) is 11.0 Å². The van der Waals surface area contributed by atoms with Crippen LogP contribution in [0, 0.1) is 0 Å². The maximum absolute atomic E-state index is 5.03. The van der Waals surface area contributed by atoms with E-state index in [9.17, 15) is 0 Å². The van der Waals surface area contributed by atoms with E-state index in [-0.39, 0.29) is 0 Å². The van der Waals surface area contributed by atoms with Crippen molar-refractivity contribution >= 4 is 64.1 Å². The smallest absolute Gasteiger partial charge is 0.234 e. The molecule has 0 saturated carbocycles. The van der Waals surface area contributed by atoms with Gasteiger partial charge in [0.25, 0.3) is 0 Å². The lowest BCUT2D eigenvalue weighted by Gasteiger charge is -2.12. The summed E-state index contributed by atoms with van der Waals surface area (Å²) < 4.78 is 4.81. The summed E-state index contributed by atoms with van der Waals surface area (Å²) >= 11 is 1.86. The summed E-state index contributed by atoms with van der Waals surface area (Å²) in [4.78, 5) is 10.1. The highest BCUT2D eigenvalue weighted by Gasteiger charge is 2.17. The second-order valence-corrected chi connectivity index (χ2v) is 13.4. The van der Waals surface area contributed by atoms with Gasteiger partial charge < -0.3 is 0 Å². The third kappa shape index (κ3) is 4.34. The lowest BCUT2D eigenvalue weighted by atomic mass is 9.94. The van der Waals surface area contributed by atoms with Crippen molar-refractivity contribution in [2.45, 2.75) is 0 Å². The molecule has 224 valence electrons. The molecular weight excluding hydrogens is 603 g/mol. The first-order chi connectivity index (χ1) is 23.8. The van der Waals surface area contributed by atoms with Gasteiger partial charge in [0.2, 0.25) is 5.95 Å². The predicted octanol–water partition coefficient (Wildman–Crippen LogP) is 12.1. The van der Waals surface area contributed by atoms with Gasteiger partial charge in [-0.05, 0) is 87.1 Å². The van der Waals surface area contributed by atoms with E-state index in [4.69, 9.17) is 9.97 Å². The molecule has 3 nitrogen and oxygen atoms in total. The van der Waals surface area contributed by atoms with Crippen LogP contribution in [0.3, 0.4) is 0 Å². The van der Waals surface area contributed by atoms with Crippen LogP contribution < -0.4 is 0 Å². The fourth-order valence-electron chi connectivity index (χ4n) is 7.11. The Morgan fingerprint density at radius 3 is 1.60 bits per heavy atom. The van der Waals surface area contributed by atoms with Crippen LogP contribution in [0.5, 0.6) is 0 Å². The SMILES string of the molecule is c1ccc(-c2cc(-c3ccccc3)cc(-c3cnc(-n4c5ccccc5c5cc6sc7cc8ccccc8cc7c6cc54)nc3)c2)cc1. The van der Waals surface area contributed by atoms with Gasteiger partial charge in [-0.25, -0.2) is 9.97 Å². The number of benzene rings is 7. The molecule has 0 N–H and O–H groups in total. The highest BCUT2D eigenvalue weighted by atomic mass is 32.1. The molecule has 0 aliphatic rings. The molecule has 0 fully saturated rings. The molecule has 0 unspecified atom stereocenters. The predicted molar refractivity (Wildman–Crippen MR) is 203 cm³/mol. The topological polar surface area (TPSA) is 30.7 Å². The van der Waals surface area contributed by atoms with Crippen LogP contribution in [0.2, 0.25) is 0 Å². The third-order valence-electron chi connectivity index (χ3n) is 9.45. The minimum Gasteiger partial charge on any atom is -0.278 e. The Hall–Kier alpha value is -6.10. The molecule has 0 amide bonds. The monoisotopic (exact) mass is 629 g/mol. The number of fused-ring (bicyclic) bond motifs is 7. The van der Waals surface area contributed by atoms with E-state index < -0.39 is 0 Å². The normalized spacial score (nSPS) is 11.8. The number of rotatable bonds is 4. The minimum absolute atomic E-state index is 0.664. The van der Waals surface area contributed by atoms with Crippen molar-refractivity contribution in [1.29, 1.82) is 0 Å². The Morgan fingerprint density at radius 2 is 0.917 bits per heavy atom. The Labute approximate surface area is 281 Å². The molecule has 0 aliphatic carbocycles. The Morgan fingerprint density at radius 1 is 0.375 bits per heavy atom. The Balaban J connectivity index is 1.14. The lowest BCUT2D eigenvalue weighted by Crippen LogP contribution is -2.00. The van der Waals surface area contributed by atoms with Gasteiger partial charge in [0.1, 0.15) is 0 Å². The van der Waals surface area contributed by atoms with Gasteiger partial charge >= 0.3 is 0 Å². The van der Waals surface area contributed by atoms with E-state index in [0.717, 1.165) is 22.2 Å². The molecule has 0 saturated heterocycles. The second kappa shape index (κ2) is 10.7. The number of para-hydroxylation sites is 1. The molecule has 10 aromatic rings. The van der Waals surface area contributed by atoms with E-state index in [1.165, 1.54) is 64.0 Å². The number of aromatic nitrogens is 3. The molecule has 7 aromatic carbocycles. The average molecular weight is 630 g/mol. The van der Waals surface area contributed by atoms with E-state index in [1.54, 1.807) is 0 Å². The largest absolute Gasteiger partial charge is 0.278 e. The zero-order valence-corrected chi connectivity index (χ0v) is 26.7. The maximum atomic E-state index is 5.03. The van der Waals surface area contributed by atoms with Gasteiger partial charge in [-0.2, -0.15) is 0 Å². The van der Waals surface area contributed by atoms with Gasteiger partial charge in [0, 0.05) is 48.9 Å². The molecule has 0 bridgehead atoms. The van der Waals surface area contributed by atoms with Crippen molar-refractivity contribution in [3.63, 3.8) is 0 Å². The summed E-state index contributed by atoms with van der Waals surface area (Å²) in [6, 6.07) is 54.4. The van der Waals surface area contributed by atoms with Crippen LogP contribution in [0.25, 0.3) is 92.1 Å². The zero-order chi connectivity index (χ0) is 31.6. The molecule has 10 rings (SSSR count). The number of hydrogen-bond acceptors (Lipinski definition) is 3. The van der Waals surface area contributed by atoms with Crippen molar-refractivity contribution in [3.05, 3.63) is 164 Å². The van der Waals surface area contributed by atoms with Crippen molar-refractivity contribution < 1.29 is 0 Å². The fourth-order valence-corrected chi connectivity index (χ4v) is 8.27. The van der Waals surface area contributed by atoms with Crippen molar-refractivity contribution in [1.82, 2.24) is 14.5 Å². The van der Waals surface area contributed by atoms with E-state index in [2.05, 4.69) is 156 Å². The molecule has 4 heteroatoms. The standard InChI is InChI=1S/C44H27N3S/c1-3-11-28(12-4-1)32-19-33(29-13-5-2-6-14-29)21-34(20-32)35-26-45-44(46-27-35)47-40-18-10-9-17-36(40)37-25-43-39(24-41(37)47)38-22-30-15-7-8-16-31(30)23-42(38)48-43/h1-27H. The summed E-state index contributed by atoms with van der Waals surface area (Å²) in [5, 5.41) is 7.50. The first kappa shape index (κ1) is 27.1. The summed E-state index contributed by atoms with van der Waals surface area (Å²) in [5.41, 5.74) is 8.97. The first-order valence-electron chi connectivity index (χ1n) is 16.1. The molecule has 0 spiro atoms. The summed E-state index contributed by atoms with van der Waals surface area (Å²) in [7, 11) is 0. The quantitative estimate of drug-likeness (QED) is 0.194. The first-order valence-corrected chi connectivity index (χ1v) is 17.0. The maximum Gasteiger partial charge on any atom is 0.234 e. The second-order valence-electron chi connectivity index (χ2n) is 12.3. The molecule has 3 aromatic heterocycles. The molecule has 0 radical (unpaired) electrons. The van der Waals surface area contributed by atoms with E-state index in [1.807, 2.05) is 23.7 Å². The minimum atomic E-state index is 0.664. The van der Waals surface area contributed by atoms with Crippen LogP contribution in [-0.4, -0.2) is 14.5 Å². The summed E-state index contributed by atoms with van der Waals surface area (Å²) in [6.45, 7) is 0. The lowest BCUT2D eigenvalue weighted by molar-refractivity contribution is 0.991. The van der Waals surface area contributed by atoms with Crippen molar-refractivity contribution in [2.24, 2.45) is 0 Å². The van der Waals surface area contributed by atoms with E-state index in [0.29, 0.717) is 5.95 Å². The van der Waals surface area contributed by atoms with Crippen LogP contribution >= 0.6 is 11.3 Å². The molecule has 0 aliphatic heterocycles. The highest BCUT2D eigenvalue weighted by molar-refractivity contribution is 7.26. The van der Waals surface area contributed by atoms with Crippen LogP contribution in [0.1, 0.15) is 0 Å². The third-order valence-corrected chi connectivity index (χ3v) is 10.6. The van der Waals surface area contributed by atoms with Gasteiger partial charge in [0.15, 0.2) is 0 Å². The molecule has 0 atom stereocenters.